The third-order valence-corrected chi connectivity index (χ3v) is 8.51. The van der Waals surface area contributed by atoms with E-state index in [1.54, 1.807) is 0 Å². The van der Waals surface area contributed by atoms with Gasteiger partial charge in [0.1, 0.15) is 11.4 Å². The molecule has 1 aliphatic heterocycles. The van der Waals surface area contributed by atoms with Crippen molar-refractivity contribution in [2.24, 2.45) is 10.7 Å². The molecule has 4 aromatic carbocycles. The van der Waals surface area contributed by atoms with E-state index >= 15 is 0 Å². The molecule has 2 heterocycles. The molecule has 0 saturated carbocycles. The highest BCUT2D eigenvalue weighted by molar-refractivity contribution is 6.28. The lowest BCUT2D eigenvalue weighted by atomic mass is 9.95. The number of nitrogens with zero attached hydrogens (tertiary/aromatic N) is 3. The van der Waals surface area contributed by atoms with Gasteiger partial charge >= 0.3 is 5.97 Å². The first kappa shape index (κ1) is 30.0. The van der Waals surface area contributed by atoms with Crippen molar-refractivity contribution in [2.75, 3.05) is 38.3 Å². The zero-order chi connectivity index (χ0) is 31.3. The summed E-state index contributed by atoms with van der Waals surface area (Å²) in [5, 5.41) is 3.27. The van der Waals surface area contributed by atoms with Gasteiger partial charge in [0.2, 0.25) is 0 Å². The van der Waals surface area contributed by atoms with E-state index in [0.29, 0.717) is 50.7 Å². The summed E-state index contributed by atoms with van der Waals surface area (Å²) in [4.78, 5) is 20.8. The Balaban J connectivity index is 1.43. The first-order valence-electron chi connectivity index (χ1n) is 15.7. The Morgan fingerprint density at radius 1 is 0.911 bits per heavy atom. The first-order valence-corrected chi connectivity index (χ1v) is 15.7. The molecule has 0 spiro atoms. The van der Waals surface area contributed by atoms with Crippen LogP contribution in [0, 0.1) is 0 Å². The van der Waals surface area contributed by atoms with Gasteiger partial charge < -0.3 is 24.7 Å². The number of carbonyl (C=O) groups is 1. The predicted octanol–water partition coefficient (Wildman–Crippen LogP) is 7.26. The lowest BCUT2D eigenvalue weighted by Crippen LogP contribution is -2.33. The highest BCUT2D eigenvalue weighted by Gasteiger charge is 2.29. The van der Waals surface area contributed by atoms with Gasteiger partial charge in [-0.3, -0.25) is 4.99 Å². The molecule has 7 heteroatoms. The number of esters is 1. The number of aryl methyl sites for hydroxylation is 1. The van der Waals surface area contributed by atoms with Crippen molar-refractivity contribution in [2.45, 2.75) is 33.2 Å². The number of carbonyl (C=O) groups excluding carboxylic acids is 1. The maximum Gasteiger partial charge on any atom is 0.355 e. The van der Waals surface area contributed by atoms with Gasteiger partial charge in [0.05, 0.1) is 31.0 Å². The summed E-state index contributed by atoms with van der Waals surface area (Å²) in [6.45, 7) is 6.46. The average Bonchev–Trinajstić information content (AvgIpc) is 3.41. The molecule has 0 saturated heterocycles. The summed E-state index contributed by atoms with van der Waals surface area (Å²) in [7, 11) is 1.82. The Hall–Kier alpha value is -5.04. The van der Waals surface area contributed by atoms with E-state index in [1.807, 2.05) is 63.4 Å². The molecule has 0 amide bonds. The highest BCUT2D eigenvalue weighted by atomic mass is 16.5. The van der Waals surface area contributed by atoms with Crippen LogP contribution in [0.25, 0.3) is 27.2 Å². The van der Waals surface area contributed by atoms with Gasteiger partial charge in [0, 0.05) is 53.4 Å². The molecule has 0 unspecified atom stereocenters. The zero-order valence-corrected chi connectivity index (χ0v) is 26.3. The van der Waals surface area contributed by atoms with Crippen molar-refractivity contribution < 1.29 is 14.3 Å². The number of rotatable bonds is 8. The van der Waals surface area contributed by atoms with E-state index in [0.717, 1.165) is 61.9 Å². The minimum absolute atomic E-state index is 0.298. The lowest BCUT2D eigenvalue weighted by molar-refractivity contribution is 0.0513. The zero-order valence-electron chi connectivity index (χ0n) is 26.3. The van der Waals surface area contributed by atoms with Gasteiger partial charge in [-0.05, 0) is 55.8 Å². The van der Waals surface area contributed by atoms with Gasteiger partial charge in [-0.1, -0.05) is 72.8 Å². The van der Waals surface area contributed by atoms with E-state index in [4.69, 9.17) is 20.2 Å². The van der Waals surface area contributed by atoms with Crippen molar-refractivity contribution in [3.8, 4) is 5.75 Å². The molecular formula is C38H40N4O3. The maximum absolute atomic E-state index is 13.8. The molecule has 7 nitrogen and oxygen atoms in total. The second kappa shape index (κ2) is 13.3. The molecule has 0 aliphatic carbocycles. The topological polar surface area (TPSA) is 82.1 Å². The second-order valence-electron chi connectivity index (χ2n) is 11.3. The van der Waals surface area contributed by atoms with Crippen molar-refractivity contribution in [1.82, 2.24) is 4.57 Å². The molecule has 0 radical (unpaired) electrons. The maximum atomic E-state index is 13.8. The smallest absolute Gasteiger partial charge is 0.355 e. The number of nitrogens with two attached hydrogens (primary N) is 1. The van der Waals surface area contributed by atoms with Crippen LogP contribution < -0.4 is 15.4 Å². The van der Waals surface area contributed by atoms with Crippen LogP contribution in [0.15, 0.2) is 102 Å². The fourth-order valence-corrected chi connectivity index (χ4v) is 6.54. The normalized spacial score (nSPS) is 15.5. The van der Waals surface area contributed by atoms with Crippen LogP contribution in [0.4, 0.5) is 5.69 Å². The van der Waals surface area contributed by atoms with Crippen LogP contribution in [0.3, 0.4) is 0 Å². The third kappa shape index (κ3) is 5.90. The lowest BCUT2D eigenvalue weighted by Gasteiger charge is -2.26. The molecule has 2 N–H and O–H groups in total. The first-order chi connectivity index (χ1) is 22.0. The van der Waals surface area contributed by atoms with E-state index in [-0.39, 0.29) is 5.97 Å². The molecule has 0 atom stereocenters. The van der Waals surface area contributed by atoms with Gasteiger partial charge in [-0.2, -0.15) is 0 Å². The van der Waals surface area contributed by atoms with Crippen molar-refractivity contribution in [3.63, 3.8) is 0 Å². The van der Waals surface area contributed by atoms with Crippen LogP contribution in [-0.4, -0.2) is 49.6 Å². The molecule has 1 aliphatic rings. The number of benzene rings is 4. The number of para-hydroxylation sites is 2. The predicted molar refractivity (Wildman–Crippen MR) is 184 cm³/mol. The minimum Gasteiger partial charge on any atom is -0.493 e. The third-order valence-electron chi connectivity index (χ3n) is 8.51. The number of anilines is 1. The van der Waals surface area contributed by atoms with Crippen molar-refractivity contribution >= 4 is 44.6 Å². The number of allylic oxidation sites excluding steroid dienone is 1. The van der Waals surface area contributed by atoms with E-state index < -0.39 is 0 Å². The number of ether oxygens (including phenoxy) is 2. The van der Waals surface area contributed by atoms with E-state index in [1.165, 1.54) is 0 Å². The van der Waals surface area contributed by atoms with Crippen molar-refractivity contribution in [1.29, 1.82) is 0 Å². The number of hydrogen-bond donors (Lipinski definition) is 1. The molecule has 5 aromatic rings. The number of aliphatic imine (C=N–C) groups is 1. The molecule has 0 bridgehead atoms. The van der Waals surface area contributed by atoms with Crippen molar-refractivity contribution in [3.05, 3.63) is 114 Å². The Morgan fingerprint density at radius 2 is 1.64 bits per heavy atom. The summed E-state index contributed by atoms with van der Waals surface area (Å²) < 4.78 is 14.1. The molecule has 230 valence electrons. The molecular weight excluding hydrogens is 560 g/mol. The summed E-state index contributed by atoms with van der Waals surface area (Å²) in [6, 6.07) is 30.9. The van der Waals surface area contributed by atoms with Gasteiger partial charge in [0.25, 0.3) is 0 Å². The molecule has 1 aromatic heterocycles. The monoisotopic (exact) mass is 600 g/mol. The Kier molecular flexibility index (Phi) is 8.87. The SMILES string of the molecule is CCOC(=O)c1c(CCCOc2cccc3ccccc23)c2cccc3c2n1CCN(c1ccccc1)CC(=NC)/C3=C(/C)N. The van der Waals surface area contributed by atoms with Crippen LogP contribution >= 0.6 is 0 Å². The summed E-state index contributed by atoms with van der Waals surface area (Å²) in [5.74, 6) is 0.556. The Labute approximate surface area is 264 Å². The van der Waals surface area contributed by atoms with Gasteiger partial charge in [-0.25, -0.2) is 4.79 Å². The fraction of sp³-hybridized carbons (Fsp3) is 0.263. The van der Waals surface area contributed by atoms with Crippen LogP contribution in [0.2, 0.25) is 0 Å². The fourth-order valence-electron chi connectivity index (χ4n) is 6.54. The number of aromatic nitrogens is 1. The highest BCUT2D eigenvalue weighted by Crippen LogP contribution is 2.36. The van der Waals surface area contributed by atoms with Crippen LogP contribution in [0.1, 0.15) is 41.9 Å². The van der Waals surface area contributed by atoms with Gasteiger partial charge in [0.15, 0.2) is 0 Å². The summed E-state index contributed by atoms with van der Waals surface area (Å²) in [5.41, 5.74) is 13.8. The quantitative estimate of drug-likeness (QED) is 0.150. The largest absolute Gasteiger partial charge is 0.493 e. The minimum atomic E-state index is -0.311. The Bertz CT molecular complexity index is 1900. The van der Waals surface area contributed by atoms with E-state index in [2.05, 4.69) is 58.0 Å². The van der Waals surface area contributed by atoms with Crippen LogP contribution in [0.5, 0.6) is 5.75 Å². The molecule has 45 heavy (non-hydrogen) atoms. The van der Waals surface area contributed by atoms with Gasteiger partial charge in [-0.15, -0.1) is 0 Å². The standard InChI is InChI=1S/C38H40N4O3/c1-4-44-38(43)37-31(20-12-24-45-34-21-10-14-27-13-8-9-17-29(27)34)30-18-11-19-32-35(26(2)39)33(40-3)25-41(22-23-42(37)36(30)32)28-15-6-5-7-16-28/h5-11,13-19,21H,4,12,20,22-25,39H2,1-3H3/b35-26-,40-33?. The molecule has 0 fully saturated rings. The summed E-state index contributed by atoms with van der Waals surface area (Å²) in [6.07, 6.45) is 1.39. The average molecular weight is 601 g/mol. The number of hydrogen-bond acceptors (Lipinski definition) is 6. The second-order valence-corrected chi connectivity index (χ2v) is 11.3. The summed E-state index contributed by atoms with van der Waals surface area (Å²) >= 11 is 0. The van der Waals surface area contributed by atoms with E-state index in [9.17, 15) is 4.79 Å². The number of fused-ring (bicyclic) bond motifs is 1. The molecule has 6 rings (SSSR count). The Morgan fingerprint density at radius 3 is 2.42 bits per heavy atom. The van der Waals surface area contributed by atoms with Crippen LogP contribution in [-0.2, 0) is 17.7 Å².